The molecule has 2 aromatic rings. The van der Waals surface area contributed by atoms with E-state index >= 15 is 0 Å². The topological polar surface area (TPSA) is 42.4 Å². The highest BCUT2D eigenvalue weighted by Crippen LogP contribution is 2.28. The summed E-state index contributed by atoms with van der Waals surface area (Å²) in [7, 11) is 0. The number of benzene rings is 1. The van der Waals surface area contributed by atoms with Crippen molar-refractivity contribution < 1.29 is 9.53 Å². The summed E-state index contributed by atoms with van der Waals surface area (Å²) in [5.41, 5.74) is 1.23. The van der Waals surface area contributed by atoms with E-state index in [1.54, 1.807) is 17.0 Å². The van der Waals surface area contributed by atoms with E-state index in [9.17, 15) is 4.79 Å². The van der Waals surface area contributed by atoms with Crippen LogP contribution in [0.15, 0.2) is 42.6 Å². The van der Waals surface area contributed by atoms with Crippen molar-refractivity contribution in [1.29, 1.82) is 0 Å². The number of rotatable bonds is 2. The van der Waals surface area contributed by atoms with Crippen LogP contribution in [0.5, 0.6) is 0 Å². The van der Waals surface area contributed by atoms with E-state index in [4.69, 9.17) is 27.9 Å². The predicted molar refractivity (Wildman–Crippen MR) is 85.3 cm³/mol. The monoisotopic (exact) mass is 336 g/mol. The van der Waals surface area contributed by atoms with E-state index in [-0.39, 0.29) is 12.0 Å². The SMILES string of the molecule is O=C(c1cc(Cl)ccn1)N1CCO[C@H](c2ccccc2Cl)C1. The van der Waals surface area contributed by atoms with E-state index in [0.717, 1.165) is 5.56 Å². The van der Waals surface area contributed by atoms with E-state index in [1.165, 1.54) is 6.20 Å². The van der Waals surface area contributed by atoms with Crippen molar-refractivity contribution in [3.8, 4) is 0 Å². The van der Waals surface area contributed by atoms with Gasteiger partial charge in [0.05, 0.1) is 13.2 Å². The quantitative estimate of drug-likeness (QED) is 0.841. The second-order valence-corrected chi connectivity index (χ2v) is 5.84. The molecule has 1 fully saturated rings. The normalized spacial score (nSPS) is 18.3. The molecule has 0 aliphatic carbocycles. The summed E-state index contributed by atoms with van der Waals surface area (Å²) < 4.78 is 5.76. The highest BCUT2D eigenvalue weighted by atomic mass is 35.5. The highest BCUT2D eigenvalue weighted by Gasteiger charge is 2.27. The van der Waals surface area contributed by atoms with Gasteiger partial charge in [0.1, 0.15) is 11.8 Å². The maximum Gasteiger partial charge on any atom is 0.272 e. The first-order valence-corrected chi connectivity index (χ1v) is 7.67. The Balaban J connectivity index is 1.78. The molecule has 1 aliphatic rings. The fourth-order valence-electron chi connectivity index (χ4n) is 2.44. The van der Waals surface area contributed by atoms with Gasteiger partial charge in [-0.3, -0.25) is 9.78 Å². The van der Waals surface area contributed by atoms with Gasteiger partial charge < -0.3 is 9.64 Å². The van der Waals surface area contributed by atoms with Crippen LogP contribution in [-0.4, -0.2) is 35.5 Å². The van der Waals surface area contributed by atoms with Crippen LogP contribution in [0, 0.1) is 0 Å². The van der Waals surface area contributed by atoms with Crippen molar-refractivity contribution in [1.82, 2.24) is 9.88 Å². The molecule has 1 saturated heterocycles. The Bertz CT molecular complexity index is 693. The lowest BCUT2D eigenvalue weighted by atomic mass is 10.1. The van der Waals surface area contributed by atoms with Crippen LogP contribution in [0.2, 0.25) is 10.0 Å². The van der Waals surface area contributed by atoms with E-state index in [2.05, 4.69) is 4.98 Å². The number of halogens is 2. The zero-order valence-corrected chi connectivity index (χ0v) is 13.2. The summed E-state index contributed by atoms with van der Waals surface area (Å²) in [6, 6.07) is 10.7. The summed E-state index contributed by atoms with van der Waals surface area (Å²) in [6.07, 6.45) is 1.30. The van der Waals surface area contributed by atoms with Crippen LogP contribution < -0.4 is 0 Å². The molecule has 0 spiro atoms. The fourth-order valence-corrected chi connectivity index (χ4v) is 2.86. The summed E-state index contributed by atoms with van der Waals surface area (Å²) in [5.74, 6) is -0.150. The Morgan fingerprint density at radius 2 is 2.09 bits per heavy atom. The van der Waals surface area contributed by atoms with Gasteiger partial charge in [0.15, 0.2) is 0 Å². The molecular formula is C16H14Cl2N2O2. The number of nitrogens with zero attached hydrogens (tertiary/aromatic N) is 2. The van der Waals surface area contributed by atoms with Crippen molar-refractivity contribution in [2.75, 3.05) is 19.7 Å². The van der Waals surface area contributed by atoms with Gasteiger partial charge in [-0.15, -0.1) is 0 Å². The first kappa shape index (κ1) is 15.3. The standard InChI is InChI=1S/C16H14Cl2N2O2/c17-11-5-6-19-14(9-11)16(21)20-7-8-22-15(10-20)12-3-1-2-4-13(12)18/h1-6,9,15H,7-8,10H2/t15-/m0/s1. The van der Waals surface area contributed by atoms with E-state index in [1.807, 2.05) is 24.3 Å². The molecule has 1 atom stereocenters. The van der Waals surface area contributed by atoms with Crippen molar-refractivity contribution in [2.45, 2.75) is 6.10 Å². The van der Waals surface area contributed by atoms with Gasteiger partial charge in [0.25, 0.3) is 5.91 Å². The number of amides is 1. The van der Waals surface area contributed by atoms with Gasteiger partial charge in [0.2, 0.25) is 0 Å². The molecule has 1 aromatic heterocycles. The molecule has 2 heterocycles. The number of hydrogen-bond donors (Lipinski definition) is 0. The Morgan fingerprint density at radius 1 is 1.27 bits per heavy atom. The molecule has 1 aliphatic heterocycles. The first-order valence-electron chi connectivity index (χ1n) is 6.92. The molecule has 0 bridgehead atoms. The minimum atomic E-state index is -0.231. The van der Waals surface area contributed by atoms with Crippen LogP contribution in [0.25, 0.3) is 0 Å². The lowest BCUT2D eigenvalue weighted by Crippen LogP contribution is -2.42. The molecular weight excluding hydrogens is 323 g/mol. The molecule has 0 radical (unpaired) electrons. The number of morpholine rings is 1. The van der Waals surface area contributed by atoms with E-state index < -0.39 is 0 Å². The van der Waals surface area contributed by atoms with Gasteiger partial charge in [-0.25, -0.2) is 0 Å². The number of hydrogen-bond acceptors (Lipinski definition) is 3. The molecule has 3 rings (SSSR count). The zero-order valence-electron chi connectivity index (χ0n) is 11.7. The maximum absolute atomic E-state index is 12.5. The number of pyridine rings is 1. The molecule has 0 saturated carbocycles. The minimum Gasteiger partial charge on any atom is -0.370 e. The summed E-state index contributed by atoms with van der Waals surface area (Å²) >= 11 is 12.1. The van der Waals surface area contributed by atoms with Crippen LogP contribution in [0.4, 0.5) is 0 Å². The highest BCUT2D eigenvalue weighted by molar-refractivity contribution is 6.31. The van der Waals surface area contributed by atoms with Crippen molar-refractivity contribution in [2.24, 2.45) is 0 Å². The minimum absolute atomic E-state index is 0.150. The summed E-state index contributed by atoms with van der Waals surface area (Å²) in [5, 5.41) is 1.14. The third-order valence-electron chi connectivity index (χ3n) is 3.55. The fraction of sp³-hybridized carbons (Fsp3) is 0.250. The predicted octanol–water partition coefficient (Wildman–Crippen LogP) is 3.60. The van der Waals surface area contributed by atoms with Crippen molar-refractivity contribution in [3.05, 3.63) is 63.9 Å². The Labute approximate surface area is 138 Å². The lowest BCUT2D eigenvalue weighted by Gasteiger charge is -2.33. The smallest absolute Gasteiger partial charge is 0.272 e. The van der Waals surface area contributed by atoms with Crippen LogP contribution in [-0.2, 0) is 4.74 Å². The summed E-state index contributed by atoms with van der Waals surface area (Å²) in [6.45, 7) is 1.42. The first-order chi connectivity index (χ1) is 10.6. The van der Waals surface area contributed by atoms with Crippen LogP contribution in [0.3, 0.4) is 0 Å². The van der Waals surface area contributed by atoms with Gasteiger partial charge in [0, 0.05) is 28.4 Å². The molecule has 114 valence electrons. The van der Waals surface area contributed by atoms with Crippen molar-refractivity contribution in [3.63, 3.8) is 0 Å². The molecule has 4 nitrogen and oxygen atoms in total. The number of carbonyl (C=O) groups is 1. The van der Waals surface area contributed by atoms with Crippen LogP contribution >= 0.6 is 23.2 Å². The number of ether oxygens (including phenoxy) is 1. The Morgan fingerprint density at radius 3 is 2.86 bits per heavy atom. The maximum atomic E-state index is 12.5. The molecule has 22 heavy (non-hydrogen) atoms. The average Bonchev–Trinajstić information content (AvgIpc) is 2.55. The molecule has 6 heteroatoms. The summed E-state index contributed by atoms with van der Waals surface area (Å²) in [4.78, 5) is 18.3. The van der Waals surface area contributed by atoms with Gasteiger partial charge in [-0.1, -0.05) is 41.4 Å². The Kier molecular flexibility index (Phi) is 4.62. The molecule has 0 unspecified atom stereocenters. The average molecular weight is 337 g/mol. The lowest BCUT2D eigenvalue weighted by molar-refractivity contribution is -0.0229. The third kappa shape index (κ3) is 3.24. The number of carbonyl (C=O) groups excluding carboxylic acids is 1. The van der Waals surface area contributed by atoms with Crippen LogP contribution in [0.1, 0.15) is 22.2 Å². The zero-order chi connectivity index (χ0) is 15.5. The largest absolute Gasteiger partial charge is 0.370 e. The van der Waals surface area contributed by atoms with Gasteiger partial charge in [-0.05, 0) is 18.2 Å². The number of aromatic nitrogens is 1. The second kappa shape index (κ2) is 6.65. The third-order valence-corrected chi connectivity index (χ3v) is 4.13. The van der Waals surface area contributed by atoms with E-state index in [0.29, 0.717) is 35.4 Å². The van der Waals surface area contributed by atoms with Gasteiger partial charge >= 0.3 is 0 Å². The van der Waals surface area contributed by atoms with Crippen molar-refractivity contribution >= 4 is 29.1 Å². The molecule has 1 amide bonds. The molecule has 1 aromatic carbocycles. The van der Waals surface area contributed by atoms with Gasteiger partial charge in [-0.2, -0.15) is 0 Å². The molecule has 0 N–H and O–H groups in total. The second-order valence-electron chi connectivity index (χ2n) is 4.99. The Hall–Kier alpha value is -1.62.